The number of rotatable bonds is 2. The van der Waals surface area contributed by atoms with Gasteiger partial charge < -0.3 is 4.74 Å². The summed E-state index contributed by atoms with van der Waals surface area (Å²) in [4.78, 5) is 0. The summed E-state index contributed by atoms with van der Waals surface area (Å²) in [5.41, 5.74) is 0. The smallest absolute Gasteiger partial charge is 0.0584 e. The molecule has 0 bridgehead atoms. The van der Waals surface area contributed by atoms with E-state index in [1.807, 2.05) is 0 Å². The Morgan fingerprint density at radius 3 is 3.00 bits per heavy atom. The van der Waals surface area contributed by atoms with Gasteiger partial charge in [0.2, 0.25) is 0 Å². The SMILES string of the molecule is C#CCCC1CCCCO1. The summed E-state index contributed by atoms with van der Waals surface area (Å²) in [5.74, 6) is 2.63. The number of terminal acetylenes is 1. The molecule has 0 aromatic heterocycles. The van der Waals surface area contributed by atoms with Gasteiger partial charge in [-0.2, -0.15) is 0 Å². The van der Waals surface area contributed by atoms with Crippen molar-refractivity contribution >= 4 is 0 Å². The number of hydrogen-bond donors (Lipinski definition) is 0. The van der Waals surface area contributed by atoms with Crippen LogP contribution in [0.5, 0.6) is 0 Å². The van der Waals surface area contributed by atoms with Gasteiger partial charge in [-0.3, -0.25) is 0 Å². The fourth-order valence-electron chi connectivity index (χ4n) is 1.28. The minimum absolute atomic E-state index is 0.463. The predicted octanol–water partition coefficient (Wildman–Crippen LogP) is 1.97. The number of hydrogen-bond acceptors (Lipinski definition) is 1. The van der Waals surface area contributed by atoms with Crippen LogP contribution < -0.4 is 0 Å². The van der Waals surface area contributed by atoms with Crippen molar-refractivity contribution in [3.63, 3.8) is 0 Å². The van der Waals surface area contributed by atoms with Crippen LogP contribution in [0.1, 0.15) is 32.1 Å². The molecule has 0 amide bonds. The minimum atomic E-state index is 0.463. The van der Waals surface area contributed by atoms with Gasteiger partial charge >= 0.3 is 0 Å². The molecule has 1 fully saturated rings. The molecular weight excluding hydrogens is 124 g/mol. The Kier molecular flexibility index (Phi) is 3.32. The van der Waals surface area contributed by atoms with Crippen LogP contribution in [0.2, 0.25) is 0 Å². The molecule has 1 heterocycles. The van der Waals surface area contributed by atoms with Gasteiger partial charge in [0.05, 0.1) is 6.10 Å². The molecule has 1 unspecified atom stereocenters. The van der Waals surface area contributed by atoms with Crippen LogP contribution in [0.4, 0.5) is 0 Å². The van der Waals surface area contributed by atoms with Gasteiger partial charge in [-0.05, 0) is 25.7 Å². The fourth-order valence-corrected chi connectivity index (χ4v) is 1.28. The lowest BCUT2D eigenvalue weighted by molar-refractivity contribution is 0.0122. The molecule has 0 N–H and O–H groups in total. The summed E-state index contributed by atoms with van der Waals surface area (Å²) in [5, 5.41) is 0. The first-order chi connectivity index (χ1) is 4.93. The molecule has 1 aliphatic heterocycles. The summed E-state index contributed by atoms with van der Waals surface area (Å²) >= 11 is 0. The molecule has 1 heteroatoms. The molecule has 0 aliphatic carbocycles. The topological polar surface area (TPSA) is 9.23 Å². The summed E-state index contributed by atoms with van der Waals surface area (Å²) < 4.78 is 5.48. The van der Waals surface area contributed by atoms with E-state index in [1.54, 1.807) is 0 Å². The van der Waals surface area contributed by atoms with Crippen LogP contribution in [-0.4, -0.2) is 12.7 Å². The van der Waals surface area contributed by atoms with E-state index in [0.717, 1.165) is 19.4 Å². The summed E-state index contributed by atoms with van der Waals surface area (Å²) in [7, 11) is 0. The monoisotopic (exact) mass is 138 g/mol. The van der Waals surface area contributed by atoms with E-state index in [-0.39, 0.29) is 0 Å². The minimum Gasteiger partial charge on any atom is -0.378 e. The van der Waals surface area contributed by atoms with E-state index in [2.05, 4.69) is 5.92 Å². The molecular formula is C9H14O. The van der Waals surface area contributed by atoms with E-state index in [4.69, 9.17) is 11.2 Å². The molecule has 56 valence electrons. The molecule has 10 heavy (non-hydrogen) atoms. The first-order valence-electron chi connectivity index (χ1n) is 3.98. The second-order valence-corrected chi connectivity index (χ2v) is 2.73. The van der Waals surface area contributed by atoms with Gasteiger partial charge in [-0.15, -0.1) is 12.3 Å². The third-order valence-electron chi connectivity index (χ3n) is 1.88. The standard InChI is InChI=1S/C9H14O/c1-2-3-6-9-7-4-5-8-10-9/h1,9H,3-8H2. The van der Waals surface area contributed by atoms with E-state index in [1.165, 1.54) is 19.3 Å². The highest BCUT2D eigenvalue weighted by Crippen LogP contribution is 2.16. The second kappa shape index (κ2) is 4.35. The van der Waals surface area contributed by atoms with Crippen LogP contribution in [0.25, 0.3) is 0 Å². The van der Waals surface area contributed by atoms with Gasteiger partial charge in [0.15, 0.2) is 0 Å². The lowest BCUT2D eigenvalue weighted by atomic mass is 10.1. The maximum Gasteiger partial charge on any atom is 0.0584 e. The zero-order valence-electron chi connectivity index (χ0n) is 6.31. The molecule has 1 atom stereocenters. The first kappa shape index (κ1) is 7.63. The molecule has 1 saturated heterocycles. The molecule has 0 spiro atoms. The summed E-state index contributed by atoms with van der Waals surface area (Å²) in [6.45, 7) is 0.940. The zero-order chi connectivity index (χ0) is 7.23. The van der Waals surface area contributed by atoms with Crippen LogP contribution in [-0.2, 0) is 4.74 Å². The quantitative estimate of drug-likeness (QED) is 0.530. The molecule has 0 saturated carbocycles. The summed E-state index contributed by atoms with van der Waals surface area (Å²) in [6, 6.07) is 0. The fraction of sp³-hybridized carbons (Fsp3) is 0.778. The molecule has 1 aliphatic rings. The summed E-state index contributed by atoms with van der Waals surface area (Å²) in [6.07, 6.45) is 11.3. The van der Waals surface area contributed by atoms with Crippen molar-refractivity contribution in [3.05, 3.63) is 0 Å². The van der Waals surface area contributed by atoms with E-state index < -0.39 is 0 Å². The number of ether oxygens (including phenoxy) is 1. The van der Waals surface area contributed by atoms with Crippen molar-refractivity contribution in [1.29, 1.82) is 0 Å². The second-order valence-electron chi connectivity index (χ2n) is 2.73. The Labute approximate surface area is 62.8 Å². The average Bonchev–Trinajstić information content (AvgIpc) is 2.03. The van der Waals surface area contributed by atoms with Gasteiger partial charge in [-0.1, -0.05) is 0 Å². The Morgan fingerprint density at radius 2 is 2.40 bits per heavy atom. The van der Waals surface area contributed by atoms with Crippen molar-refractivity contribution < 1.29 is 4.74 Å². The van der Waals surface area contributed by atoms with Crippen LogP contribution in [0.15, 0.2) is 0 Å². The van der Waals surface area contributed by atoms with Crippen molar-refractivity contribution in [2.24, 2.45) is 0 Å². The van der Waals surface area contributed by atoms with Crippen molar-refractivity contribution in [1.82, 2.24) is 0 Å². The van der Waals surface area contributed by atoms with Gasteiger partial charge in [0.1, 0.15) is 0 Å². The largest absolute Gasteiger partial charge is 0.378 e. The molecule has 0 aromatic carbocycles. The third kappa shape index (κ3) is 2.41. The highest BCUT2D eigenvalue weighted by Gasteiger charge is 2.11. The predicted molar refractivity (Wildman–Crippen MR) is 41.7 cm³/mol. The highest BCUT2D eigenvalue weighted by molar-refractivity contribution is 4.84. The van der Waals surface area contributed by atoms with Gasteiger partial charge in [-0.25, -0.2) is 0 Å². The Bertz CT molecular complexity index is 117. The highest BCUT2D eigenvalue weighted by atomic mass is 16.5. The van der Waals surface area contributed by atoms with Crippen LogP contribution in [0.3, 0.4) is 0 Å². The zero-order valence-corrected chi connectivity index (χ0v) is 6.31. The Hall–Kier alpha value is -0.480. The van der Waals surface area contributed by atoms with Crippen LogP contribution >= 0.6 is 0 Å². The molecule has 0 radical (unpaired) electrons. The molecule has 0 aromatic rings. The lowest BCUT2D eigenvalue weighted by Crippen LogP contribution is -2.18. The van der Waals surface area contributed by atoms with E-state index in [0.29, 0.717) is 6.10 Å². The van der Waals surface area contributed by atoms with Crippen LogP contribution in [0, 0.1) is 12.3 Å². The maximum absolute atomic E-state index is 5.48. The molecule has 1 rings (SSSR count). The van der Waals surface area contributed by atoms with Crippen molar-refractivity contribution in [2.75, 3.05) is 6.61 Å². The molecule has 1 nitrogen and oxygen atoms in total. The Morgan fingerprint density at radius 1 is 1.50 bits per heavy atom. The van der Waals surface area contributed by atoms with Crippen molar-refractivity contribution in [3.8, 4) is 12.3 Å². The normalized spacial score (nSPS) is 25.7. The van der Waals surface area contributed by atoms with E-state index in [9.17, 15) is 0 Å². The maximum atomic E-state index is 5.48. The first-order valence-corrected chi connectivity index (χ1v) is 3.98. The van der Waals surface area contributed by atoms with Gasteiger partial charge in [0, 0.05) is 13.0 Å². The average molecular weight is 138 g/mol. The van der Waals surface area contributed by atoms with Crippen molar-refractivity contribution in [2.45, 2.75) is 38.2 Å². The van der Waals surface area contributed by atoms with Gasteiger partial charge in [0.25, 0.3) is 0 Å². The Balaban J connectivity index is 2.09. The third-order valence-corrected chi connectivity index (χ3v) is 1.88. The van der Waals surface area contributed by atoms with E-state index >= 15 is 0 Å². The lowest BCUT2D eigenvalue weighted by Gasteiger charge is -2.21.